The first-order valence-corrected chi connectivity index (χ1v) is 5.96. The van der Waals surface area contributed by atoms with Crippen LogP contribution in [0.25, 0.3) is 0 Å². The number of hydrogen-bond acceptors (Lipinski definition) is 3. The van der Waals surface area contributed by atoms with Crippen molar-refractivity contribution >= 4 is 28.7 Å². The zero-order valence-electron chi connectivity index (χ0n) is 7.83. The van der Waals surface area contributed by atoms with E-state index in [1.54, 1.807) is 6.07 Å². The van der Waals surface area contributed by atoms with Crippen LogP contribution in [-0.2, 0) is 0 Å². The van der Waals surface area contributed by atoms with E-state index in [9.17, 15) is 4.79 Å². The minimum absolute atomic E-state index is 0.198. The van der Waals surface area contributed by atoms with Crippen LogP contribution < -0.4 is 0 Å². The fourth-order valence-corrected chi connectivity index (χ4v) is 2.66. The number of hydrogen-bond donors (Lipinski definition) is 0. The molecule has 1 fully saturated rings. The molecule has 1 saturated heterocycles. The Morgan fingerprint density at radius 3 is 2.71 bits per heavy atom. The predicted octanol–water partition coefficient (Wildman–Crippen LogP) is 2.68. The minimum atomic E-state index is 0.198. The van der Waals surface area contributed by atoms with Gasteiger partial charge in [0.2, 0.25) is 0 Å². The summed E-state index contributed by atoms with van der Waals surface area (Å²) in [6.07, 6.45) is 2.44. The van der Waals surface area contributed by atoms with Crippen LogP contribution in [-0.4, -0.2) is 30.3 Å². The van der Waals surface area contributed by atoms with Crippen molar-refractivity contribution in [1.82, 2.24) is 4.90 Å². The molecule has 2 rings (SSSR count). The molecule has 0 saturated carbocycles. The third-order valence-electron chi connectivity index (χ3n) is 2.41. The maximum atomic E-state index is 11.7. The van der Waals surface area contributed by atoms with Crippen molar-refractivity contribution in [3.8, 4) is 0 Å². The quantitative estimate of drug-likeness (QED) is 0.743. The average Bonchev–Trinajstić information content (AvgIpc) is 2.75. The summed E-state index contributed by atoms with van der Waals surface area (Å²) in [6.45, 7) is 2.67. The molecule has 0 aromatic carbocycles. The number of likely N-dealkylation sites (tertiary alicyclic amines) is 1. The van der Waals surface area contributed by atoms with Crippen LogP contribution in [0.3, 0.4) is 0 Å². The number of nitrogens with zero attached hydrogens (tertiary/aromatic N) is 1. The second-order valence-corrected chi connectivity index (χ2v) is 5.23. The molecule has 0 spiro atoms. The fourth-order valence-electron chi connectivity index (χ4n) is 1.69. The number of ketones is 1. The monoisotopic (exact) mass is 229 g/mol. The highest BCUT2D eigenvalue weighted by molar-refractivity contribution is 7.18. The minimum Gasteiger partial charge on any atom is -0.296 e. The van der Waals surface area contributed by atoms with Crippen LogP contribution in [0.15, 0.2) is 12.1 Å². The molecular formula is C10H12ClNOS. The van der Waals surface area contributed by atoms with Gasteiger partial charge in [0, 0.05) is 0 Å². The van der Waals surface area contributed by atoms with Crippen LogP contribution in [0.1, 0.15) is 22.5 Å². The smallest absolute Gasteiger partial charge is 0.186 e. The van der Waals surface area contributed by atoms with E-state index >= 15 is 0 Å². The number of thiophene rings is 1. The van der Waals surface area contributed by atoms with Crippen molar-refractivity contribution in [3.63, 3.8) is 0 Å². The lowest BCUT2D eigenvalue weighted by Gasteiger charge is -2.11. The van der Waals surface area contributed by atoms with Crippen molar-refractivity contribution in [1.29, 1.82) is 0 Å². The van der Waals surface area contributed by atoms with Crippen LogP contribution in [0.2, 0.25) is 4.34 Å². The summed E-state index contributed by atoms with van der Waals surface area (Å²) in [6, 6.07) is 3.59. The van der Waals surface area contributed by atoms with Gasteiger partial charge in [-0.3, -0.25) is 9.69 Å². The van der Waals surface area contributed by atoms with Crippen LogP contribution in [0.4, 0.5) is 0 Å². The van der Waals surface area contributed by atoms with Crippen molar-refractivity contribution in [2.75, 3.05) is 19.6 Å². The molecule has 0 radical (unpaired) electrons. The van der Waals surface area contributed by atoms with Gasteiger partial charge in [-0.25, -0.2) is 0 Å². The van der Waals surface area contributed by atoms with Gasteiger partial charge in [0.15, 0.2) is 5.78 Å². The van der Waals surface area contributed by atoms with Crippen molar-refractivity contribution in [2.24, 2.45) is 0 Å². The van der Waals surface area contributed by atoms with Crippen LogP contribution >= 0.6 is 22.9 Å². The van der Waals surface area contributed by atoms with Crippen LogP contribution in [0, 0.1) is 0 Å². The van der Waals surface area contributed by atoms with Crippen molar-refractivity contribution in [2.45, 2.75) is 12.8 Å². The molecule has 1 aromatic rings. The van der Waals surface area contributed by atoms with Crippen LogP contribution in [0.5, 0.6) is 0 Å². The van der Waals surface area contributed by atoms with Gasteiger partial charge in [-0.2, -0.15) is 0 Å². The first-order chi connectivity index (χ1) is 6.75. The van der Waals surface area contributed by atoms with Gasteiger partial charge >= 0.3 is 0 Å². The Hall–Kier alpha value is -0.380. The molecule has 0 aliphatic carbocycles. The Bertz CT molecular complexity index is 331. The van der Waals surface area contributed by atoms with E-state index in [1.807, 2.05) is 6.07 Å². The third-order valence-corrected chi connectivity index (χ3v) is 3.69. The Labute approximate surface area is 92.5 Å². The summed E-state index contributed by atoms with van der Waals surface area (Å²) in [5.74, 6) is 0.198. The number of halogens is 1. The molecule has 1 aliphatic rings. The summed E-state index contributed by atoms with van der Waals surface area (Å²) >= 11 is 7.14. The zero-order chi connectivity index (χ0) is 9.97. The topological polar surface area (TPSA) is 20.3 Å². The number of carbonyl (C=O) groups is 1. The molecule has 14 heavy (non-hydrogen) atoms. The SMILES string of the molecule is O=C(CN1CCCC1)c1ccc(Cl)s1. The molecule has 0 unspecified atom stereocenters. The highest BCUT2D eigenvalue weighted by atomic mass is 35.5. The first-order valence-electron chi connectivity index (χ1n) is 4.76. The van der Waals surface area contributed by atoms with Gasteiger partial charge in [0.1, 0.15) is 0 Å². The molecule has 0 N–H and O–H groups in total. The maximum Gasteiger partial charge on any atom is 0.186 e. The lowest BCUT2D eigenvalue weighted by Crippen LogP contribution is -2.26. The lowest BCUT2D eigenvalue weighted by molar-refractivity contribution is 0.0949. The number of rotatable bonds is 3. The largest absolute Gasteiger partial charge is 0.296 e. The van der Waals surface area contributed by atoms with E-state index in [1.165, 1.54) is 24.2 Å². The second kappa shape index (κ2) is 4.43. The van der Waals surface area contributed by atoms with Gasteiger partial charge in [0.25, 0.3) is 0 Å². The summed E-state index contributed by atoms with van der Waals surface area (Å²) in [4.78, 5) is 14.7. The zero-order valence-corrected chi connectivity index (χ0v) is 9.40. The standard InChI is InChI=1S/C10H12ClNOS/c11-10-4-3-9(14-10)8(13)7-12-5-1-2-6-12/h3-4H,1-2,5-7H2. The lowest BCUT2D eigenvalue weighted by atomic mass is 10.3. The van der Waals surface area contributed by atoms with Gasteiger partial charge in [-0.1, -0.05) is 11.6 Å². The maximum absolute atomic E-state index is 11.7. The Morgan fingerprint density at radius 2 is 2.14 bits per heavy atom. The van der Waals surface area contributed by atoms with E-state index in [0.29, 0.717) is 10.9 Å². The van der Waals surface area contributed by atoms with E-state index in [2.05, 4.69) is 4.90 Å². The molecule has 4 heteroatoms. The third kappa shape index (κ3) is 2.35. The molecule has 0 amide bonds. The predicted molar refractivity (Wildman–Crippen MR) is 59.3 cm³/mol. The van der Waals surface area contributed by atoms with E-state index < -0.39 is 0 Å². The Kier molecular flexibility index (Phi) is 3.21. The van der Waals surface area contributed by atoms with Crippen molar-refractivity contribution < 1.29 is 4.79 Å². The number of Topliss-reactive ketones (excluding diaryl/α,β-unsaturated/α-hetero) is 1. The van der Waals surface area contributed by atoms with E-state index in [-0.39, 0.29) is 5.78 Å². The molecule has 0 atom stereocenters. The molecule has 1 aliphatic heterocycles. The molecule has 2 nitrogen and oxygen atoms in total. The van der Waals surface area contributed by atoms with E-state index in [0.717, 1.165) is 18.0 Å². The first kappa shape index (κ1) is 10.1. The highest BCUT2D eigenvalue weighted by Gasteiger charge is 2.17. The van der Waals surface area contributed by atoms with Gasteiger partial charge < -0.3 is 0 Å². The Balaban J connectivity index is 1.95. The number of carbonyl (C=O) groups excluding carboxylic acids is 1. The summed E-state index contributed by atoms with van der Waals surface area (Å²) < 4.78 is 0.690. The summed E-state index contributed by atoms with van der Waals surface area (Å²) in [5.41, 5.74) is 0. The van der Waals surface area contributed by atoms with Gasteiger partial charge in [-0.15, -0.1) is 11.3 Å². The normalized spacial score (nSPS) is 17.5. The molecule has 76 valence electrons. The fraction of sp³-hybridized carbons (Fsp3) is 0.500. The van der Waals surface area contributed by atoms with Gasteiger partial charge in [-0.05, 0) is 38.1 Å². The Morgan fingerprint density at radius 1 is 1.43 bits per heavy atom. The summed E-state index contributed by atoms with van der Waals surface area (Å²) in [5, 5.41) is 0. The molecule has 2 heterocycles. The molecule has 0 bridgehead atoms. The molecule has 1 aromatic heterocycles. The molecular weight excluding hydrogens is 218 g/mol. The summed E-state index contributed by atoms with van der Waals surface area (Å²) in [7, 11) is 0. The van der Waals surface area contributed by atoms with Gasteiger partial charge in [0.05, 0.1) is 15.8 Å². The second-order valence-electron chi connectivity index (χ2n) is 3.51. The van der Waals surface area contributed by atoms with Crippen molar-refractivity contribution in [3.05, 3.63) is 21.3 Å². The highest BCUT2D eigenvalue weighted by Crippen LogP contribution is 2.22. The average molecular weight is 230 g/mol. The van der Waals surface area contributed by atoms with E-state index in [4.69, 9.17) is 11.6 Å².